The van der Waals surface area contributed by atoms with Crippen molar-refractivity contribution in [3.63, 3.8) is 0 Å². The molecule has 1 heterocycles. The molecular formula is C30H37N3O5. The molecule has 0 aliphatic heterocycles. The minimum absolute atomic E-state index is 0.00245. The highest BCUT2D eigenvalue weighted by Crippen LogP contribution is 2.32. The van der Waals surface area contributed by atoms with Crippen LogP contribution in [0.25, 0.3) is 11.0 Å². The zero-order valence-corrected chi connectivity index (χ0v) is 22.6. The third-order valence-electron chi connectivity index (χ3n) is 6.94. The number of aromatic amines is 1. The van der Waals surface area contributed by atoms with Crippen molar-refractivity contribution >= 4 is 28.9 Å². The highest BCUT2D eigenvalue weighted by atomic mass is 16.6. The Bertz CT molecular complexity index is 1270. The summed E-state index contributed by atoms with van der Waals surface area (Å²) < 4.78 is 10.3. The number of fused-ring (bicyclic) bond motifs is 1. The Labute approximate surface area is 223 Å². The van der Waals surface area contributed by atoms with E-state index in [1.807, 2.05) is 51.1 Å². The maximum atomic E-state index is 13.4. The quantitative estimate of drug-likeness (QED) is 0.392. The van der Waals surface area contributed by atoms with Crippen LogP contribution in [0.2, 0.25) is 0 Å². The molecule has 0 unspecified atom stereocenters. The molecule has 1 fully saturated rings. The average Bonchev–Trinajstić information content (AvgIpc) is 3.31. The van der Waals surface area contributed by atoms with Gasteiger partial charge in [-0.1, -0.05) is 30.3 Å². The van der Waals surface area contributed by atoms with Crippen molar-refractivity contribution in [2.75, 3.05) is 7.11 Å². The van der Waals surface area contributed by atoms with E-state index in [4.69, 9.17) is 14.5 Å². The summed E-state index contributed by atoms with van der Waals surface area (Å²) in [7, 11) is 1.35. The predicted octanol–water partition coefficient (Wildman–Crippen LogP) is 5.29. The Balaban J connectivity index is 1.45. The van der Waals surface area contributed by atoms with Gasteiger partial charge in [0.25, 0.3) is 0 Å². The predicted molar refractivity (Wildman–Crippen MR) is 144 cm³/mol. The zero-order valence-electron chi connectivity index (χ0n) is 22.6. The normalized spacial score (nSPS) is 18.5. The van der Waals surface area contributed by atoms with Gasteiger partial charge < -0.3 is 19.8 Å². The molecule has 1 amide bonds. The number of carbonyl (C=O) groups is 3. The summed E-state index contributed by atoms with van der Waals surface area (Å²) in [6.45, 7) is 5.62. The minimum Gasteiger partial charge on any atom is -0.465 e. The summed E-state index contributed by atoms with van der Waals surface area (Å²) in [6.07, 6.45) is 4.09. The van der Waals surface area contributed by atoms with Crippen molar-refractivity contribution in [2.45, 2.75) is 70.9 Å². The van der Waals surface area contributed by atoms with Crippen LogP contribution >= 0.6 is 0 Å². The number of nitrogens with zero attached hydrogens (tertiary/aromatic N) is 1. The average molecular weight is 520 g/mol. The fraction of sp³-hybridized carbons (Fsp3) is 0.467. The molecule has 0 saturated heterocycles. The Hall–Kier alpha value is -3.68. The largest absolute Gasteiger partial charge is 0.465 e. The van der Waals surface area contributed by atoms with Gasteiger partial charge in [-0.2, -0.15) is 0 Å². The van der Waals surface area contributed by atoms with Crippen molar-refractivity contribution < 1.29 is 23.9 Å². The first-order chi connectivity index (χ1) is 18.1. The summed E-state index contributed by atoms with van der Waals surface area (Å²) >= 11 is 0. The van der Waals surface area contributed by atoms with Crippen molar-refractivity contribution in [3.05, 3.63) is 65.5 Å². The number of carbonyl (C=O) groups excluding carboxylic acids is 3. The third-order valence-corrected chi connectivity index (χ3v) is 6.94. The van der Waals surface area contributed by atoms with E-state index >= 15 is 0 Å². The van der Waals surface area contributed by atoms with Crippen molar-refractivity contribution in [1.82, 2.24) is 15.3 Å². The highest BCUT2D eigenvalue weighted by molar-refractivity contribution is 5.93. The number of methoxy groups -OCH3 is 1. The van der Waals surface area contributed by atoms with Crippen LogP contribution in [0.4, 0.5) is 0 Å². The molecule has 1 aromatic heterocycles. The number of hydrogen-bond donors (Lipinski definition) is 2. The summed E-state index contributed by atoms with van der Waals surface area (Å²) in [5.41, 5.74) is 2.44. The van der Waals surface area contributed by atoms with Gasteiger partial charge in [-0.3, -0.25) is 9.59 Å². The SMILES string of the molecule is COC(=O)c1ccc2nc([C@H](Cc3ccccc3)NC(=O)C3CCC(CC(=O)OC(C)(C)C)CC3)[nH]c2c1. The van der Waals surface area contributed by atoms with Crippen LogP contribution < -0.4 is 5.32 Å². The molecule has 1 saturated carbocycles. The molecule has 202 valence electrons. The van der Waals surface area contributed by atoms with E-state index in [9.17, 15) is 14.4 Å². The lowest BCUT2D eigenvalue weighted by Crippen LogP contribution is -2.37. The van der Waals surface area contributed by atoms with Gasteiger partial charge in [0.15, 0.2) is 0 Å². The van der Waals surface area contributed by atoms with E-state index < -0.39 is 11.6 Å². The van der Waals surface area contributed by atoms with Gasteiger partial charge >= 0.3 is 11.9 Å². The molecule has 1 aliphatic rings. The number of imidazole rings is 1. The number of ether oxygens (including phenoxy) is 2. The Morgan fingerprint density at radius 1 is 1.05 bits per heavy atom. The number of hydrogen-bond acceptors (Lipinski definition) is 6. The molecule has 1 aliphatic carbocycles. The second kappa shape index (κ2) is 11.8. The number of amides is 1. The minimum atomic E-state index is -0.487. The smallest absolute Gasteiger partial charge is 0.337 e. The van der Waals surface area contributed by atoms with Gasteiger partial charge in [-0.05, 0) is 82.6 Å². The Morgan fingerprint density at radius 2 is 1.76 bits per heavy atom. The van der Waals surface area contributed by atoms with Gasteiger partial charge in [0.05, 0.1) is 29.7 Å². The van der Waals surface area contributed by atoms with E-state index in [0.717, 1.165) is 31.2 Å². The van der Waals surface area contributed by atoms with Gasteiger partial charge in [-0.25, -0.2) is 9.78 Å². The maximum Gasteiger partial charge on any atom is 0.337 e. The fourth-order valence-electron chi connectivity index (χ4n) is 5.04. The van der Waals surface area contributed by atoms with Crippen LogP contribution in [-0.2, 0) is 25.5 Å². The third kappa shape index (κ3) is 7.21. The monoisotopic (exact) mass is 519 g/mol. The molecule has 0 radical (unpaired) electrons. The molecule has 2 N–H and O–H groups in total. The summed E-state index contributed by atoms with van der Waals surface area (Å²) in [5, 5.41) is 3.23. The molecule has 38 heavy (non-hydrogen) atoms. The molecule has 4 rings (SSSR count). The Morgan fingerprint density at radius 3 is 2.42 bits per heavy atom. The number of nitrogens with one attached hydrogen (secondary N) is 2. The van der Waals surface area contributed by atoms with Crippen LogP contribution in [-0.4, -0.2) is 40.5 Å². The van der Waals surface area contributed by atoms with Gasteiger partial charge in [0, 0.05) is 12.3 Å². The van der Waals surface area contributed by atoms with E-state index in [0.29, 0.717) is 35.3 Å². The molecule has 0 spiro atoms. The van der Waals surface area contributed by atoms with Crippen LogP contribution in [0.1, 0.15) is 80.7 Å². The number of rotatable bonds is 8. The van der Waals surface area contributed by atoms with E-state index in [1.54, 1.807) is 18.2 Å². The number of H-pyrrole nitrogens is 1. The molecule has 8 nitrogen and oxygen atoms in total. The number of benzene rings is 2. The summed E-state index contributed by atoms with van der Waals surface area (Å²) in [5.74, 6) is 0.176. The second-order valence-corrected chi connectivity index (χ2v) is 11.1. The maximum absolute atomic E-state index is 13.4. The molecule has 1 atom stereocenters. The molecule has 2 aromatic carbocycles. The van der Waals surface area contributed by atoms with E-state index in [1.165, 1.54) is 7.11 Å². The topological polar surface area (TPSA) is 110 Å². The van der Waals surface area contributed by atoms with Crippen molar-refractivity contribution in [3.8, 4) is 0 Å². The standard InChI is InChI=1S/C30H37N3O5/c1-30(2,3)38-26(34)17-20-10-12-21(13-11-20)28(35)33-25(16-19-8-6-5-7-9-19)27-31-23-15-14-22(29(36)37-4)18-24(23)32-27/h5-9,14-15,18,20-21,25H,10-13,16-17H2,1-4H3,(H,31,32)(H,33,35)/t20?,21?,25-/m0/s1. The highest BCUT2D eigenvalue weighted by Gasteiger charge is 2.30. The fourth-order valence-corrected chi connectivity index (χ4v) is 5.04. The molecule has 3 aromatic rings. The van der Waals surface area contributed by atoms with E-state index in [-0.39, 0.29) is 29.8 Å². The lowest BCUT2D eigenvalue weighted by molar-refractivity contribution is -0.156. The van der Waals surface area contributed by atoms with Crippen LogP contribution in [0, 0.1) is 11.8 Å². The van der Waals surface area contributed by atoms with Crippen LogP contribution in [0.3, 0.4) is 0 Å². The first kappa shape index (κ1) is 27.4. The van der Waals surface area contributed by atoms with Crippen molar-refractivity contribution in [2.24, 2.45) is 11.8 Å². The lowest BCUT2D eigenvalue weighted by Gasteiger charge is -2.29. The first-order valence-corrected chi connectivity index (χ1v) is 13.3. The van der Waals surface area contributed by atoms with Crippen LogP contribution in [0.15, 0.2) is 48.5 Å². The Kier molecular flexibility index (Phi) is 8.49. The number of esters is 2. The molecular weight excluding hydrogens is 482 g/mol. The molecule has 8 heteroatoms. The summed E-state index contributed by atoms with van der Waals surface area (Å²) in [6, 6.07) is 14.8. The number of aromatic nitrogens is 2. The van der Waals surface area contributed by atoms with Crippen LogP contribution in [0.5, 0.6) is 0 Å². The van der Waals surface area contributed by atoms with Gasteiger partial charge in [0.2, 0.25) is 5.91 Å². The lowest BCUT2D eigenvalue weighted by atomic mass is 9.80. The second-order valence-electron chi connectivity index (χ2n) is 11.1. The van der Waals surface area contributed by atoms with Gasteiger partial charge in [-0.15, -0.1) is 0 Å². The molecule has 0 bridgehead atoms. The van der Waals surface area contributed by atoms with E-state index in [2.05, 4.69) is 10.3 Å². The van der Waals surface area contributed by atoms with Gasteiger partial charge in [0.1, 0.15) is 11.4 Å². The zero-order chi connectivity index (χ0) is 27.3. The summed E-state index contributed by atoms with van der Waals surface area (Å²) in [4.78, 5) is 45.6. The van der Waals surface area contributed by atoms with Crippen molar-refractivity contribution in [1.29, 1.82) is 0 Å². The first-order valence-electron chi connectivity index (χ1n) is 13.3.